The fourth-order valence-corrected chi connectivity index (χ4v) is 4.31. The van der Waals surface area contributed by atoms with E-state index in [9.17, 15) is 4.79 Å². The number of benzene rings is 2. The molecule has 1 aliphatic heterocycles. The number of hydrogen-bond donors (Lipinski definition) is 2. The first-order valence-electron chi connectivity index (χ1n) is 9.88. The SMILES string of the molecule is CCC(c1ccccc1)C(CNC)C(=O)N1CC(NC)(c2ccccc2)C1. The van der Waals surface area contributed by atoms with Crippen LogP contribution in [0.3, 0.4) is 0 Å². The first kappa shape index (κ1) is 19.6. The molecule has 1 saturated heterocycles. The van der Waals surface area contributed by atoms with Crippen molar-refractivity contribution in [2.45, 2.75) is 24.8 Å². The molecule has 0 aliphatic carbocycles. The summed E-state index contributed by atoms with van der Waals surface area (Å²) >= 11 is 0. The summed E-state index contributed by atoms with van der Waals surface area (Å²) in [6.07, 6.45) is 0.950. The van der Waals surface area contributed by atoms with Gasteiger partial charge in [0.2, 0.25) is 5.91 Å². The Labute approximate surface area is 163 Å². The standard InChI is InChI=1S/C23H31N3O/c1-4-20(18-11-7-5-8-12-18)21(15-24-2)22(27)26-16-23(17-26,25-3)19-13-9-6-10-14-19/h5-14,20-21,24-25H,4,15-17H2,1-3H3. The Morgan fingerprint density at radius 2 is 1.63 bits per heavy atom. The third-order valence-electron chi connectivity index (χ3n) is 5.93. The van der Waals surface area contributed by atoms with E-state index in [0.29, 0.717) is 6.54 Å². The molecule has 27 heavy (non-hydrogen) atoms. The van der Waals surface area contributed by atoms with Gasteiger partial charge in [0, 0.05) is 19.6 Å². The van der Waals surface area contributed by atoms with Gasteiger partial charge in [-0.1, -0.05) is 67.6 Å². The molecule has 0 radical (unpaired) electrons. The molecule has 1 fully saturated rings. The van der Waals surface area contributed by atoms with Gasteiger partial charge in [-0.3, -0.25) is 4.79 Å². The van der Waals surface area contributed by atoms with Crippen LogP contribution < -0.4 is 10.6 Å². The summed E-state index contributed by atoms with van der Waals surface area (Å²) in [5, 5.41) is 6.69. The summed E-state index contributed by atoms with van der Waals surface area (Å²) in [6, 6.07) is 20.9. The molecule has 2 N–H and O–H groups in total. The van der Waals surface area contributed by atoms with E-state index in [1.165, 1.54) is 11.1 Å². The highest BCUT2D eigenvalue weighted by Crippen LogP contribution is 2.36. The van der Waals surface area contributed by atoms with Crippen LogP contribution in [-0.2, 0) is 10.3 Å². The van der Waals surface area contributed by atoms with Gasteiger partial charge in [-0.25, -0.2) is 0 Å². The average molecular weight is 366 g/mol. The number of hydrogen-bond acceptors (Lipinski definition) is 3. The lowest BCUT2D eigenvalue weighted by atomic mass is 9.78. The van der Waals surface area contributed by atoms with Crippen molar-refractivity contribution in [3.8, 4) is 0 Å². The maximum atomic E-state index is 13.4. The lowest BCUT2D eigenvalue weighted by Gasteiger charge is -2.51. The van der Waals surface area contributed by atoms with E-state index in [4.69, 9.17) is 0 Å². The summed E-state index contributed by atoms with van der Waals surface area (Å²) in [6.45, 7) is 4.31. The molecule has 0 aromatic heterocycles. The van der Waals surface area contributed by atoms with E-state index in [1.807, 2.05) is 31.1 Å². The normalized spacial score (nSPS) is 17.8. The number of nitrogens with one attached hydrogen (secondary N) is 2. The van der Waals surface area contributed by atoms with Gasteiger partial charge < -0.3 is 15.5 Å². The number of likely N-dealkylation sites (N-methyl/N-ethyl adjacent to an activating group) is 1. The Morgan fingerprint density at radius 3 is 2.15 bits per heavy atom. The highest BCUT2D eigenvalue weighted by Gasteiger charge is 2.47. The fourth-order valence-electron chi connectivity index (χ4n) is 4.31. The average Bonchev–Trinajstić information content (AvgIpc) is 2.69. The van der Waals surface area contributed by atoms with E-state index in [0.717, 1.165) is 19.5 Å². The molecular weight excluding hydrogens is 334 g/mol. The van der Waals surface area contributed by atoms with Crippen LogP contribution in [0.2, 0.25) is 0 Å². The van der Waals surface area contributed by atoms with E-state index in [-0.39, 0.29) is 23.3 Å². The molecule has 2 aromatic carbocycles. The van der Waals surface area contributed by atoms with Gasteiger partial charge in [0.15, 0.2) is 0 Å². The smallest absolute Gasteiger partial charge is 0.227 e. The van der Waals surface area contributed by atoms with Crippen molar-refractivity contribution >= 4 is 5.91 Å². The zero-order chi connectivity index (χ0) is 19.3. The maximum Gasteiger partial charge on any atom is 0.227 e. The molecule has 1 heterocycles. The Kier molecular flexibility index (Phi) is 6.30. The lowest BCUT2D eigenvalue weighted by molar-refractivity contribution is -0.145. The second-order valence-electron chi connectivity index (χ2n) is 7.48. The summed E-state index contributed by atoms with van der Waals surface area (Å²) in [7, 11) is 3.91. The zero-order valence-electron chi connectivity index (χ0n) is 16.6. The van der Waals surface area contributed by atoms with Crippen LogP contribution in [0.15, 0.2) is 60.7 Å². The molecule has 2 unspecified atom stereocenters. The first-order chi connectivity index (χ1) is 13.1. The Bertz CT molecular complexity index is 726. The minimum atomic E-state index is -0.129. The van der Waals surface area contributed by atoms with Crippen LogP contribution in [0.25, 0.3) is 0 Å². The van der Waals surface area contributed by atoms with Crippen LogP contribution in [0.1, 0.15) is 30.4 Å². The van der Waals surface area contributed by atoms with Crippen LogP contribution in [0.5, 0.6) is 0 Å². The van der Waals surface area contributed by atoms with Crippen molar-refractivity contribution in [3.63, 3.8) is 0 Å². The van der Waals surface area contributed by atoms with Crippen molar-refractivity contribution in [2.75, 3.05) is 33.7 Å². The van der Waals surface area contributed by atoms with E-state index in [2.05, 4.69) is 66.1 Å². The number of likely N-dealkylation sites (tertiary alicyclic amines) is 1. The summed E-state index contributed by atoms with van der Waals surface area (Å²) in [5.74, 6) is 0.433. The first-order valence-corrected chi connectivity index (χ1v) is 9.88. The number of amides is 1. The quantitative estimate of drug-likeness (QED) is 0.756. The molecule has 3 rings (SSSR count). The van der Waals surface area contributed by atoms with Gasteiger partial charge in [0.05, 0.1) is 11.5 Å². The fraction of sp³-hybridized carbons (Fsp3) is 0.435. The molecule has 1 aliphatic rings. The second-order valence-corrected chi connectivity index (χ2v) is 7.48. The second kappa shape index (κ2) is 8.68. The van der Waals surface area contributed by atoms with Gasteiger partial charge in [-0.2, -0.15) is 0 Å². The van der Waals surface area contributed by atoms with Crippen LogP contribution in [0, 0.1) is 5.92 Å². The minimum absolute atomic E-state index is 0.0481. The number of carbonyl (C=O) groups is 1. The number of carbonyl (C=O) groups excluding carboxylic acids is 1. The molecule has 144 valence electrons. The molecule has 2 aromatic rings. The van der Waals surface area contributed by atoms with Crippen LogP contribution in [-0.4, -0.2) is 44.5 Å². The Balaban J connectivity index is 1.77. The van der Waals surface area contributed by atoms with Crippen LogP contribution >= 0.6 is 0 Å². The van der Waals surface area contributed by atoms with Crippen molar-refractivity contribution in [1.82, 2.24) is 15.5 Å². The van der Waals surface area contributed by atoms with Gasteiger partial charge in [0.1, 0.15) is 0 Å². The van der Waals surface area contributed by atoms with E-state index in [1.54, 1.807) is 0 Å². The molecule has 4 heteroatoms. The number of rotatable bonds is 8. The van der Waals surface area contributed by atoms with Gasteiger partial charge >= 0.3 is 0 Å². The molecule has 4 nitrogen and oxygen atoms in total. The van der Waals surface area contributed by atoms with Crippen molar-refractivity contribution in [3.05, 3.63) is 71.8 Å². The summed E-state index contributed by atoms with van der Waals surface area (Å²) in [5.41, 5.74) is 2.36. The molecule has 0 bridgehead atoms. The predicted octanol–water partition coefficient (Wildman–Crippen LogP) is 2.97. The van der Waals surface area contributed by atoms with Crippen molar-refractivity contribution in [2.24, 2.45) is 5.92 Å². The minimum Gasteiger partial charge on any atom is -0.338 e. The summed E-state index contributed by atoms with van der Waals surface area (Å²) < 4.78 is 0. The third-order valence-corrected chi connectivity index (χ3v) is 5.93. The largest absolute Gasteiger partial charge is 0.338 e. The molecule has 2 atom stereocenters. The maximum absolute atomic E-state index is 13.4. The predicted molar refractivity (Wildman–Crippen MR) is 111 cm³/mol. The molecule has 0 saturated carbocycles. The lowest BCUT2D eigenvalue weighted by Crippen LogP contribution is -2.68. The van der Waals surface area contributed by atoms with Gasteiger partial charge in [0.25, 0.3) is 0 Å². The molecule has 0 spiro atoms. The monoisotopic (exact) mass is 365 g/mol. The summed E-state index contributed by atoms with van der Waals surface area (Å²) in [4.78, 5) is 15.4. The van der Waals surface area contributed by atoms with Crippen molar-refractivity contribution < 1.29 is 4.79 Å². The molecule has 1 amide bonds. The zero-order valence-corrected chi connectivity index (χ0v) is 16.6. The highest BCUT2D eigenvalue weighted by atomic mass is 16.2. The van der Waals surface area contributed by atoms with E-state index < -0.39 is 0 Å². The molecular formula is C23H31N3O. The van der Waals surface area contributed by atoms with Crippen molar-refractivity contribution in [1.29, 1.82) is 0 Å². The van der Waals surface area contributed by atoms with E-state index >= 15 is 0 Å². The Morgan fingerprint density at radius 1 is 1.04 bits per heavy atom. The highest BCUT2D eigenvalue weighted by molar-refractivity contribution is 5.81. The third kappa shape index (κ3) is 3.92. The van der Waals surface area contributed by atoms with Gasteiger partial charge in [-0.15, -0.1) is 0 Å². The van der Waals surface area contributed by atoms with Crippen LogP contribution in [0.4, 0.5) is 0 Å². The topological polar surface area (TPSA) is 44.4 Å². The number of nitrogens with zero attached hydrogens (tertiary/aromatic N) is 1. The Hall–Kier alpha value is -2.17. The van der Waals surface area contributed by atoms with Gasteiger partial charge in [-0.05, 0) is 37.6 Å².